The van der Waals surface area contributed by atoms with Crippen LogP contribution in [0.1, 0.15) is 16.8 Å². The number of rotatable bonds is 5. The Balaban J connectivity index is 1.53. The van der Waals surface area contributed by atoms with E-state index in [-0.39, 0.29) is 0 Å². The zero-order valence-corrected chi connectivity index (χ0v) is 15.3. The van der Waals surface area contributed by atoms with E-state index in [1.807, 2.05) is 18.2 Å². The molecule has 0 spiro atoms. The highest BCUT2D eigenvalue weighted by Crippen LogP contribution is 2.23. The van der Waals surface area contributed by atoms with Gasteiger partial charge in [0.2, 0.25) is 0 Å². The van der Waals surface area contributed by atoms with Crippen molar-refractivity contribution < 1.29 is 0 Å². The molecule has 0 fully saturated rings. The van der Waals surface area contributed by atoms with Crippen LogP contribution in [0.5, 0.6) is 0 Å². The number of hydrogen-bond donors (Lipinski definition) is 2. The van der Waals surface area contributed by atoms with Gasteiger partial charge in [0.25, 0.3) is 0 Å². The van der Waals surface area contributed by atoms with Gasteiger partial charge in [-0.2, -0.15) is 0 Å². The van der Waals surface area contributed by atoms with Crippen molar-refractivity contribution in [2.24, 2.45) is 4.99 Å². The van der Waals surface area contributed by atoms with Gasteiger partial charge >= 0.3 is 0 Å². The van der Waals surface area contributed by atoms with Gasteiger partial charge in [-0.1, -0.05) is 60.2 Å². The van der Waals surface area contributed by atoms with Gasteiger partial charge in [0.15, 0.2) is 5.96 Å². The third-order valence-electron chi connectivity index (χ3n) is 3.81. The van der Waals surface area contributed by atoms with E-state index >= 15 is 0 Å². The van der Waals surface area contributed by atoms with Crippen LogP contribution in [0.15, 0.2) is 65.0 Å². The molecule has 0 aliphatic carbocycles. The van der Waals surface area contributed by atoms with Crippen LogP contribution < -0.4 is 10.6 Å². The fraction of sp³-hybridized carbons (Fsp3) is 0.200. The van der Waals surface area contributed by atoms with Gasteiger partial charge in [-0.3, -0.25) is 4.99 Å². The lowest BCUT2D eigenvalue weighted by Crippen LogP contribution is -2.36. The molecule has 4 nitrogen and oxygen atoms in total. The normalized spacial score (nSPS) is 11.4. The third-order valence-corrected chi connectivity index (χ3v) is 4.75. The molecule has 25 heavy (non-hydrogen) atoms. The van der Waals surface area contributed by atoms with E-state index in [1.165, 1.54) is 11.1 Å². The summed E-state index contributed by atoms with van der Waals surface area (Å²) in [5, 5.41) is 9.77. The Bertz CT molecular complexity index is 822. The van der Waals surface area contributed by atoms with Crippen molar-refractivity contribution in [1.29, 1.82) is 0 Å². The molecule has 2 N–H and O–H groups in total. The van der Waals surface area contributed by atoms with Gasteiger partial charge in [-0.25, -0.2) is 4.98 Å². The summed E-state index contributed by atoms with van der Waals surface area (Å²) in [6.45, 7) is 3.48. The van der Waals surface area contributed by atoms with Gasteiger partial charge in [-0.15, -0.1) is 11.3 Å². The van der Waals surface area contributed by atoms with Gasteiger partial charge < -0.3 is 10.6 Å². The first-order valence-corrected chi connectivity index (χ1v) is 9.12. The van der Waals surface area contributed by atoms with Crippen LogP contribution in [0.25, 0.3) is 10.6 Å². The van der Waals surface area contributed by atoms with Crippen LogP contribution >= 0.6 is 11.3 Å². The van der Waals surface area contributed by atoms with Gasteiger partial charge in [-0.05, 0) is 12.5 Å². The summed E-state index contributed by atoms with van der Waals surface area (Å²) in [4.78, 5) is 8.96. The van der Waals surface area contributed by atoms with E-state index in [0.29, 0.717) is 6.54 Å². The minimum atomic E-state index is 0.650. The number of aryl methyl sites for hydroxylation is 1. The van der Waals surface area contributed by atoms with E-state index in [0.717, 1.165) is 28.8 Å². The zero-order valence-electron chi connectivity index (χ0n) is 14.5. The summed E-state index contributed by atoms with van der Waals surface area (Å²) in [7, 11) is 1.78. The molecule has 3 aromatic rings. The zero-order chi connectivity index (χ0) is 17.5. The van der Waals surface area contributed by atoms with Crippen LogP contribution in [0.4, 0.5) is 0 Å². The van der Waals surface area contributed by atoms with E-state index in [4.69, 9.17) is 0 Å². The maximum atomic E-state index is 4.69. The molecule has 0 radical (unpaired) electrons. The first kappa shape index (κ1) is 17.2. The Labute approximate surface area is 152 Å². The standard InChI is InChI=1S/C20H22N4S/c1-15-8-10-16(11-9-15)12-22-20(21-2)23-13-18-14-25-19(24-18)17-6-4-3-5-7-17/h3-11,14H,12-13H2,1-2H3,(H2,21,22,23). The summed E-state index contributed by atoms with van der Waals surface area (Å²) < 4.78 is 0. The van der Waals surface area contributed by atoms with Crippen LogP contribution in [-0.4, -0.2) is 18.0 Å². The smallest absolute Gasteiger partial charge is 0.191 e. The number of nitrogens with zero attached hydrogens (tertiary/aromatic N) is 2. The number of guanidine groups is 1. The number of nitrogens with one attached hydrogen (secondary N) is 2. The summed E-state index contributed by atoms with van der Waals surface area (Å²) in [6, 6.07) is 18.7. The van der Waals surface area contributed by atoms with Gasteiger partial charge in [0.1, 0.15) is 5.01 Å². The van der Waals surface area contributed by atoms with Crippen molar-refractivity contribution in [1.82, 2.24) is 15.6 Å². The van der Waals surface area contributed by atoms with Crippen molar-refractivity contribution in [2.75, 3.05) is 7.05 Å². The molecule has 2 aromatic carbocycles. The molecule has 5 heteroatoms. The Morgan fingerprint density at radius 2 is 1.72 bits per heavy atom. The fourth-order valence-electron chi connectivity index (χ4n) is 2.39. The predicted octanol–water partition coefficient (Wildman–Crippen LogP) is 3.98. The summed E-state index contributed by atoms with van der Waals surface area (Å²) in [6.07, 6.45) is 0. The van der Waals surface area contributed by atoms with E-state index in [9.17, 15) is 0 Å². The average molecular weight is 350 g/mol. The van der Waals surface area contributed by atoms with E-state index in [1.54, 1.807) is 18.4 Å². The average Bonchev–Trinajstić information content (AvgIpc) is 3.13. The molecule has 1 aromatic heterocycles. The molecule has 0 amide bonds. The quantitative estimate of drug-likeness (QED) is 0.540. The molecule has 0 bridgehead atoms. The number of aliphatic imine (C=N–C) groups is 1. The molecule has 3 rings (SSSR count). The highest BCUT2D eigenvalue weighted by Gasteiger charge is 2.05. The van der Waals surface area contributed by atoms with Crippen molar-refractivity contribution >= 4 is 17.3 Å². The monoisotopic (exact) mass is 350 g/mol. The lowest BCUT2D eigenvalue weighted by Gasteiger charge is -2.11. The fourth-order valence-corrected chi connectivity index (χ4v) is 3.21. The molecule has 0 aliphatic heterocycles. The SMILES string of the molecule is CN=C(NCc1ccc(C)cc1)NCc1csc(-c2ccccc2)n1. The second kappa shape index (κ2) is 8.44. The van der Waals surface area contributed by atoms with Crippen LogP contribution in [-0.2, 0) is 13.1 Å². The largest absolute Gasteiger partial charge is 0.352 e. The molecule has 0 saturated heterocycles. The first-order valence-electron chi connectivity index (χ1n) is 8.24. The molecular formula is C20H22N4S. The lowest BCUT2D eigenvalue weighted by atomic mass is 10.1. The molecule has 0 unspecified atom stereocenters. The minimum Gasteiger partial charge on any atom is -0.352 e. The second-order valence-electron chi connectivity index (χ2n) is 5.77. The van der Waals surface area contributed by atoms with Crippen molar-refractivity contribution in [2.45, 2.75) is 20.0 Å². The summed E-state index contributed by atoms with van der Waals surface area (Å²) >= 11 is 1.66. The molecule has 0 aliphatic rings. The van der Waals surface area contributed by atoms with Crippen LogP contribution in [0.2, 0.25) is 0 Å². The summed E-state index contributed by atoms with van der Waals surface area (Å²) in [5.41, 5.74) is 4.67. The van der Waals surface area contributed by atoms with Gasteiger partial charge in [0, 0.05) is 24.5 Å². The third kappa shape index (κ3) is 4.90. The topological polar surface area (TPSA) is 49.3 Å². The number of aromatic nitrogens is 1. The van der Waals surface area contributed by atoms with Gasteiger partial charge in [0.05, 0.1) is 12.2 Å². The molecular weight excluding hydrogens is 328 g/mol. The second-order valence-corrected chi connectivity index (χ2v) is 6.63. The minimum absolute atomic E-state index is 0.650. The maximum absolute atomic E-state index is 4.69. The van der Waals surface area contributed by atoms with E-state index in [2.05, 4.69) is 69.3 Å². The molecule has 0 saturated carbocycles. The Hall–Kier alpha value is -2.66. The van der Waals surface area contributed by atoms with Crippen molar-refractivity contribution in [3.63, 3.8) is 0 Å². The Kier molecular flexibility index (Phi) is 5.80. The molecule has 0 atom stereocenters. The Morgan fingerprint density at radius 1 is 1.00 bits per heavy atom. The Morgan fingerprint density at radius 3 is 2.44 bits per heavy atom. The van der Waals surface area contributed by atoms with Crippen molar-refractivity contribution in [3.8, 4) is 10.6 Å². The predicted molar refractivity (Wildman–Crippen MR) is 106 cm³/mol. The number of benzene rings is 2. The van der Waals surface area contributed by atoms with Crippen molar-refractivity contribution in [3.05, 3.63) is 76.8 Å². The number of thiazole rings is 1. The summed E-state index contributed by atoms with van der Waals surface area (Å²) in [5.74, 6) is 0.773. The van der Waals surface area contributed by atoms with E-state index < -0.39 is 0 Å². The van der Waals surface area contributed by atoms with Crippen LogP contribution in [0, 0.1) is 6.92 Å². The van der Waals surface area contributed by atoms with Crippen LogP contribution in [0.3, 0.4) is 0 Å². The maximum Gasteiger partial charge on any atom is 0.191 e. The molecule has 128 valence electrons. The first-order chi connectivity index (χ1) is 12.2. The molecule has 1 heterocycles. The lowest BCUT2D eigenvalue weighted by molar-refractivity contribution is 0.798. The highest BCUT2D eigenvalue weighted by molar-refractivity contribution is 7.13. The number of hydrogen-bond acceptors (Lipinski definition) is 3. The highest BCUT2D eigenvalue weighted by atomic mass is 32.1.